The summed E-state index contributed by atoms with van der Waals surface area (Å²) in [5, 5.41) is 2.98. The highest BCUT2D eigenvalue weighted by molar-refractivity contribution is 5.23. The van der Waals surface area contributed by atoms with Crippen LogP contribution in [0.3, 0.4) is 0 Å². The van der Waals surface area contributed by atoms with Crippen LogP contribution in [-0.4, -0.2) is 0 Å². The maximum atomic E-state index is 13.6. The van der Waals surface area contributed by atoms with Crippen molar-refractivity contribution in [2.24, 2.45) is 0 Å². The Bertz CT molecular complexity index is 549. The molecule has 1 N–H and O–H groups in total. The topological polar surface area (TPSA) is 12.0 Å². The van der Waals surface area contributed by atoms with Crippen molar-refractivity contribution in [3.63, 3.8) is 0 Å². The molecule has 0 amide bonds. The molecule has 0 spiro atoms. The van der Waals surface area contributed by atoms with Gasteiger partial charge in [0.2, 0.25) is 0 Å². The van der Waals surface area contributed by atoms with Gasteiger partial charge in [-0.05, 0) is 36.8 Å². The highest BCUT2D eigenvalue weighted by Gasteiger charge is 2.15. The molecule has 2 rings (SSSR count). The lowest BCUT2D eigenvalue weighted by Crippen LogP contribution is -2.20. The Morgan fingerprint density at radius 2 is 1.63 bits per heavy atom. The van der Waals surface area contributed by atoms with Crippen molar-refractivity contribution in [2.45, 2.75) is 19.5 Å². The van der Waals surface area contributed by atoms with Crippen molar-refractivity contribution in [2.75, 3.05) is 0 Å². The minimum atomic E-state index is -0.584. The van der Waals surface area contributed by atoms with Crippen molar-refractivity contribution in [3.8, 4) is 0 Å². The Balaban J connectivity index is 2.07. The molecule has 1 atom stereocenters. The number of halogens is 3. The number of nitrogens with one attached hydrogen (secondary N) is 1. The van der Waals surface area contributed by atoms with Crippen LogP contribution in [0.5, 0.6) is 0 Å². The van der Waals surface area contributed by atoms with Gasteiger partial charge in [-0.25, -0.2) is 13.2 Å². The van der Waals surface area contributed by atoms with E-state index in [0.29, 0.717) is 6.54 Å². The zero-order chi connectivity index (χ0) is 13.8. The summed E-state index contributed by atoms with van der Waals surface area (Å²) < 4.78 is 40.1. The van der Waals surface area contributed by atoms with Gasteiger partial charge in [-0.2, -0.15) is 0 Å². The van der Waals surface area contributed by atoms with Crippen LogP contribution in [0.4, 0.5) is 13.2 Å². The maximum Gasteiger partial charge on any atom is 0.130 e. The van der Waals surface area contributed by atoms with Gasteiger partial charge in [0.1, 0.15) is 17.5 Å². The lowest BCUT2D eigenvalue weighted by Gasteiger charge is -2.15. The van der Waals surface area contributed by atoms with Gasteiger partial charge in [-0.1, -0.05) is 18.2 Å². The van der Waals surface area contributed by atoms with Crippen LogP contribution in [0, 0.1) is 17.5 Å². The van der Waals surface area contributed by atoms with E-state index in [4.69, 9.17) is 0 Å². The monoisotopic (exact) mass is 265 g/mol. The minimum Gasteiger partial charge on any atom is -0.306 e. The third kappa shape index (κ3) is 3.35. The quantitative estimate of drug-likeness (QED) is 0.882. The normalized spacial score (nSPS) is 12.4. The van der Waals surface area contributed by atoms with Crippen LogP contribution >= 0.6 is 0 Å². The lowest BCUT2D eigenvalue weighted by molar-refractivity contribution is 0.487. The SMILES string of the molecule is CC(NCc1cccc(F)c1)c1c(F)cccc1F. The molecule has 2 aromatic rings. The van der Waals surface area contributed by atoms with Crippen LogP contribution in [0.1, 0.15) is 24.1 Å². The number of hydrogen-bond donors (Lipinski definition) is 1. The molecule has 0 aliphatic rings. The van der Waals surface area contributed by atoms with Crippen molar-refractivity contribution in [1.29, 1.82) is 0 Å². The van der Waals surface area contributed by atoms with Gasteiger partial charge in [-0.3, -0.25) is 0 Å². The second-order valence-electron chi connectivity index (χ2n) is 4.37. The molecule has 0 aromatic heterocycles. The van der Waals surface area contributed by atoms with E-state index < -0.39 is 17.7 Å². The van der Waals surface area contributed by atoms with Crippen LogP contribution in [-0.2, 0) is 6.54 Å². The molecule has 100 valence electrons. The summed E-state index contributed by atoms with van der Waals surface area (Å²) in [6.07, 6.45) is 0. The number of hydrogen-bond acceptors (Lipinski definition) is 1. The Labute approximate surface area is 110 Å². The van der Waals surface area contributed by atoms with Crippen LogP contribution < -0.4 is 5.32 Å². The predicted molar refractivity (Wildman–Crippen MR) is 68.0 cm³/mol. The molecule has 4 heteroatoms. The molecule has 0 saturated carbocycles. The molecule has 0 aliphatic heterocycles. The Morgan fingerprint density at radius 1 is 1.00 bits per heavy atom. The standard InChI is InChI=1S/C15H14F3N/c1-10(15-13(17)6-3-7-14(15)18)19-9-11-4-2-5-12(16)8-11/h2-8,10,19H,9H2,1H3. The first-order valence-electron chi connectivity index (χ1n) is 5.99. The first-order valence-corrected chi connectivity index (χ1v) is 5.99. The summed E-state index contributed by atoms with van der Waals surface area (Å²) in [7, 11) is 0. The van der Waals surface area contributed by atoms with Gasteiger partial charge in [-0.15, -0.1) is 0 Å². The third-order valence-corrected chi connectivity index (χ3v) is 2.93. The first-order chi connectivity index (χ1) is 9.08. The average Bonchev–Trinajstić information content (AvgIpc) is 2.36. The first kappa shape index (κ1) is 13.6. The van der Waals surface area contributed by atoms with Gasteiger partial charge in [0.15, 0.2) is 0 Å². The lowest BCUT2D eigenvalue weighted by atomic mass is 10.1. The van der Waals surface area contributed by atoms with Crippen LogP contribution in [0.2, 0.25) is 0 Å². The third-order valence-electron chi connectivity index (χ3n) is 2.93. The van der Waals surface area contributed by atoms with Crippen molar-refractivity contribution >= 4 is 0 Å². The van der Waals surface area contributed by atoms with Gasteiger partial charge in [0.25, 0.3) is 0 Å². The molecule has 1 unspecified atom stereocenters. The molecule has 0 aliphatic carbocycles. The average molecular weight is 265 g/mol. The maximum absolute atomic E-state index is 13.6. The second kappa shape index (κ2) is 5.89. The predicted octanol–water partition coefficient (Wildman–Crippen LogP) is 3.95. The molecular formula is C15H14F3N. The van der Waals surface area contributed by atoms with Gasteiger partial charge < -0.3 is 5.32 Å². The highest BCUT2D eigenvalue weighted by atomic mass is 19.1. The zero-order valence-corrected chi connectivity index (χ0v) is 10.5. The zero-order valence-electron chi connectivity index (χ0n) is 10.5. The smallest absolute Gasteiger partial charge is 0.130 e. The summed E-state index contributed by atoms with van der Waals surface area (Å²) >= 11 is 0. The van der Waals surface area contributed by atoms with E-state index in [1.807, 2.05) is 0 Å². The molecule has 0 bridgehead atoms. The summed E-state index contributed by atoms with van der Waals surface area (Å²) in [4.78, 5) is 0. The fourth-order valence-electron chi connectivity index (χ4n) is 1.94. The van der Waals surface area contributed by atoms with Crippen molar-refractivity contribution < 1.29 is 13.2 Å². The largest absolute Gasteiger partial charge is 0.306 e. The van der Waals surface area contributed by atoms with Gasteiger partial charge in [0, 0.05) is 18.2 Å². The molecule has 0 saturated heterocycles. The number of benzene rings is 2. The molecule has 19 heavy (non-hydrogen) atoms. The Hall–Kier alpha value is -1.81. The summed E-state index contributed by atoms with van der Waals surface area (Å²) in [5.41, 5.74) is 0.725. The van der Waals surface area contributed by atoms with E-state index in [1.54, 1.807) is 19.1 Å². The molecular weight excluding hydrogens is 251 g/mol. The van der Waals surface area contributed by atoms with E-state index >= 15 is 0 Å². The molecule has 0 heterocycles. The van der Waals surface area contributed by atoms with E-state index in [2.05, 4.69) is 5.32 Å². The van der Waals surface area contributed by atoms with Gasteiger partial charge >= 0.3 is 0 Å². The van der Waals surface area contributed by atoms with Crippen LogP contribution in [0.25, 0.3) is 0 Å². The molecule has 0 fully saturated rings. The molecule has 0 radical (unpaired) electrons. The summed E-state index contributed by atoms with van der Waals surface area (Å²) in [6.45, 7) is 2.01. The van der Waals surface area contributed by atoms with E-state index in [1.165, 1.54) is 30.3 Å². The Morgan fingerprint density at radius 3 is 2.26 bits per heavy atom. The fraction of sp³-hybridized carbons (Fsp3) is 0.200. The fourth-order valence-corrected chi connectivity index (χ4v) is 1.94. The summed E-state index contributed by atoms with van der Waals surface area (Å²) in [5.74, 6) is -1.50. The number of rotatable bonds is 4. The van der Waals surface area contributed by atoms with Gasteiger partial charge in [0.05, 0.1) is 0 Å². The minimum absolute atomic E-state index is 0.00102. The van der Waals surface area contributed by atoms with Crippen LogP contribution in [0.15, 0.2) is 42.5 Å². The molecule has 2 aromatic carbocycles. The van der Waals surface area contributed by atoms with Crippen molar-refractivity contribution in [3.05, 3.63) is 71.0 Å². The molecule has 1 nitrogen and oxygen atoms in total. The summed E-state index contributed by atoms with van der Waals surface area (Å²) in [6, 6.07) is 9.36. The second-order valence-corrected chi connectivity index (χ2v) is 4.37. The van der Waals surface area contributed by atoms with E-state index in [0.717, 1.165) is 5.56 Å². The van der Waals surface area contributed by atoms with Crippen molar-refractivity contribution in [1.82, 2.24) is 5.32 Å². The highest BCUT2D eigenvalue weighted by Crippen LogP contribution is 2.20. The van der Waals surface area contributed by atoms with E-state index in [-0.39, 0.29) is 11.4 Å². The Kier molecular flexibility index (Phi) is 4.22. The van der Waals surface area contributed by atoms with E-state index in [9.17, 15) is 13.2 Å².